The first-order chi connectivity index (χ1) is 27.7. The molecule has 0 aliphatic heterocycles. The Morgan fingerprint density at radius 2 is 0.679 bits per heavy atom. The predicted octanol–water partition coefficient (Wildman–Crippen LogP) is 16.6. The second-order valence-electron chi connectivity index (χ2n) is 17.9. The van der Waals surface area contributed by atoms with Gasteiger partial charge in [-0.3, -0.25) is 4.79 Å². The van der Waals surface area contributed by atoms with Crippen LogP contribution in [0.4, 0.5) is 0 Å². The SMILES string of the molecule is CCCCC/C=C\CCCCCCCC(=O)NC(CO)C(O)CCCCCCCCCCCCCCCCCCCCCCCCCCCCCCCCCC. The van der Waals surface area contributed by atoms with Crippen molar-refractivity contribution in [3.8, 4) is 0 Å². The molecule has 0 heterocycles. The zero-order valence-corrected chi connectivity index (χ0v) is 38.4. The molecular formula is C52H103NO3. The highest BCUT2D eigenvalue weighted by atomic mass is 16.3. The van der Waals surface area contributed by atoms with E-state index >= 15 is 0 Å². The second-order valence-corrected chi connectivity index (χ2v) is 17.9. The number of aliphatic hydroxyl groups excluding tert-OH is 2. The summed E-state index contributed by atoms with van der Waals surface area (Å²) in [6.07, 6.45) is 62.0. The number of rotatable bonds is 48. The fraction of sp³-hybridized carbons (Fsp3) is 0.942. The Balaban J connectivity index is 3.36. The van der Waals surface area contributed by atoms with Gasteiger partial charge in [0.2, 0.25) is 5.91 Å². The minimum absolute atomic E-state index is 0.0378. The Morgan fingerprint density at radius 1 is 0.411 bits per heavy atom. The summed E-state index contributed by atoms with van der Waals surface area (Å²) in [6.45, 7) is 4.35. The molecular weight excluding hydrogens is 687 g/mol. The molecule has 56 heavy (non-hydrogen) atoms. The second kappa shape index (κ2) is 48.5. The van der Waals surface area contributed by atoms with Crippen molar-refractivity contribution < 1.29 is 15.0 Å². The minimum Gasteiger partial charge on any atom is -0.394 e. The first-order valence-electron chi connectivity index (χ1n) is 25.9. The normalized spacial score (nSPS) is 12.9. The van der Waals surface area contributed by atoms with Crippen molar-refractivity contribution in [1.29, 1.82) is 0 Å². The molecule has 2 unspecified atom stereocenters. The summed E-state index contributed by atoms with van der Waals surface area (Å²) in [7, 11) is 0. The van der Waals surface area contributed by atoms with Crippen LogP contribution >= 0.6 is 0 Å². The molecule has 0 spiro atoms. The maximum Gasteiger partial charge on any atom is 0.220 e. The van der Waals surface area contributed by atoms with E-state index in [2.05, 4.69) is 31.3 Å². The van der Waals surface area contributed by atoms with E-state index in [1.165, 1.54) is 244 Å². The third kappa shape index (κ3) is 44.2. The lowest BCUT2D eigenvalue weighted by molar-refractivity contribution is -0.123. The number of carbonyl (C=O) groups excluding carboxylic acids is 1. The third-order valence-corrected chi connectivity index (χ3v) is 12.3. The standard InChI is InChI=1S/C52H103NO3/c1-3-5-7-9-11-13-15-17-18-19-20-21-22-23-24-25-26-27-28-29-30-31-32-33-34-35-36-37-39-41-43-45-47-51(55)50(49-54)53-52(56)48-46-44-42-40-38-16-14-12-10-8-6-4-2/h12,14,50-51,54-55H,3-11,13,15-49H2,1-2H3,(H,53,56)/b14-12-. The highest BCUT2D eigenvalue weighted by molar-refractivity contribution is 5.76. The summed E-state index contributed by atoms with van der Waals surface area (Å²) < 4.78 is 0. The van der Waals surface area contributed by atoms with Crippen LogP contribution in [0.3, 0.4) is 0 Å². The lowest BCUT2D eigenvalue weighted by Gasteiger charge is -2.22. The molecule has 0 saturated carbocycles. The predicted molar refractivity (Wildman–Crippen MR) is 249 cm³/mol. The number of hydrogen-bond donors (Lipinski definition) is 3. The smallest absolute Gasteiger partial charge is 0.220 e. The van der Waals surface area contributed by atoms with Gasteiger partial charge in [-0.1, -0.05) is 264 Å². The molecule has 334 valence electrons. The molecule has 0 fully saturated rings. The van der Waals surface area contributed by atoms with Crippen molar-refractivity contribution in [2.75, 3.05) is 6.61 Å². The molecule has 2 atom stereocenters. The molecule has 0 aliphatic rings. The number of allylic oxidation sites excluding steroid dienone is 2. The van der Waals surface area contributed by atoms with Crippen LogP contribution < -0.4 is 5.32 Å². The number of carbonyl (C=O) groups is 1. The van der Waals surface area contributed by atoms with E-state index in [0.717, 1.165) is 25.7 Å². The quantitative estimate of drug-likeness (QED) is 0.0425. The third-order valence-electron chi connectivity index (χ3n) is 12.3. The van der Waals surface area contributed by atoms with Crippen molar-refractivity contribution in [2.45, 2.75) is 309 Å². The van der Waals surface area contributed by atoms with Gasteiger partial charge in [0.25, 0.3) is 0 Å². The topological polar surface area (TPSA) is 69.6 Å². The highest BCUT2D eigenvalue weighted by Gasteiger charge is 2.20. The van der Waals surface area contributed by atoms with Gasteiger partial charge >= 0.3 is 0 Å². The molecule has 0 bridgehead atoms. The zero-order valence-electron chi connectivity index (χ0n) is 38.4. The van der Waals surface area contributed by atoms with Gasteiger partial charge in [0.15, 0.2) is 0 Å². The van der Waals surface area contributed by atoms with Crippen LogP contribution in [-0.4, -0.2) is 34.9 Å². The van der Waals surface area contributed by atoms with Gasteiger partial charge in [0.1, 0.15) is 0 Å². The molecule has 0 aromatic rings. The van der Waals surface area contributed by atoms with E-state index in [1.807, 2.05) is 0 Å². The summed E-state index contributed by atoms with van der Waals surface area (Å²) in [4.78, 5) is 12.4. The summed E-state index contributed by atoms with van der Waals surface area (Å²) in [5, 5.41) is 23.2. The molecule has 3 N–H and O–H groups in total. The Kier molecular flexibility index (Phi) is 47.7. The summed E-state index contributed by atoms with van der Waals surface area (Å²) in [6, 6.07) is -0.537. The molecule has 0 rings (SSSR count). The summed E-state index contributed by atoms with van der Waals surface area (Å²) in [5.74, 6) is -0.0378. The monoisotopic (exact) mass is 790 g/mol. The van der Waals surface area contributed by atoms with Crippen molar-refractivity contribution in [3.63, 3.8) is 0 Å². The van der Waals surface area contributed by atoms with Gasteiger partial charge in [0.05, 0.1) is 18.8 Å². The van der Waals surface area contributed by atoms with Crippen molar-refractivity contribution in [1.82, 2.24) is 5.32 Å². The largest absolute Gasteiger partial charge is 0.394 e. The van der Waals surface area contributed by atoms with Crippen LogP contribution in [0.2, 0.25) is 0 Å². The van der Waals surface area contributed by atoms with Crippen molar-refractivity contribution in [3.05, 3.63) is 12.2 Å². The Labute approximate surface area is 352 Å². The van der Waals surface area contributed by atoms with E-state index in [0.29, 0.717) is 12.8 Å². The van der Waals surface area contributed by atoms with Gasteiger partial charge in [-0.15, -0.1) is 0 Å². The number of amides is 1. The molecule has 0 aromatic heterocycles. The fourth-order valence-electron chi connectivity index (χ4n) is 8.30. The van der Waals surface area contributed by atoms with Crippen LogP contribution in [-0.2, 0) is 4.79 Å². The maximum atomic E-state index is 12.4. The number of nitrogens with one attached hydrogen (secondary N) is 1. The average molecular weight is 790 g/mol. The lowest BCUT2D eigenvalue weighted by Crippen LogP contribution is -2.45. The molecule has 4 heteroatoms. The highest BCUT2D eigenvalue weighted by Crippen LogP contribution is 2.18. The minimum atomic E-state index is -0.660. The van der Waals surface area contributed by atoms with E-state index in [1.54, 1.807) is 0 Å². The summed E-state index contributed by atoms with van der Waals surface area (Å²) >= 11 is 0. The zero-order chi connectivity index (χ0) is 40.7. The van der Waals surface area contributed by atoms with Gasteiger partial charge < -0.3 is 15.5 Å². The molecule has 0 aromatic carbocycles. The number of aliphatic hydroxyl groups is 2. The first kappa shape index (κ1) is 55.1. The summed E-state index contributed by atoms with van der Waals surface area (Å²) in [5.41, 5.74) is 0. The number of unbranched alkanes of at least 4 members (excludes halogenated alkanes) is 39. The van der Waals surface area contributed by atoms with Crippen LogP contribution in [0.1, 0.15) is 296 Å². The lowest BCUT2D eigenvalue weighted by atomic mass is 10.0. The Bertz CT molecular complexity index is 769. The molecule has 4 nitrogen and oxygen atoms in total. The van der Waals surface area contributed by atoms with Crippen molar-refractivity contribution in [2.24, 2.45) is 0 Å². The van der Waals surface area contributed by atoms with Crippen molar-refractivity contribution >= 4 is 5.91 Å². The molecule has 0 radical (unpaired) electrons. The Morgan fingerprint density at radius 3 is 1.02 bits per heavy atom. The van der Waals surface area contributed by atoms with Gasteiger partial charge in [-0.2, -0.15) is 0 Å². The van der Waals surface area contributed by atoms with E-state index < -0.39 is 12.1 Å². The molecule has 0 aliphatic carbocycles. The van der Waals surface area contributed by atoms with Gasteiger partial charge in [-0.05, 0) is 38.5 Å². The maximum absolute atomic E-state index is 12.4. The molecule has 1 amide bonds. The van der Waals surface area contributed by atoms with Crippen LogP contribution in [0.5, 0.6) is 0 Å². The van der Waals surface area contributed by atoms with Crippen LogP contribution in [0.15, 0.2) is 12.2 Å². The molecule has 0 saturated heterocycles. The number of hydrogen-bond acceptors (Lipinski definition) is 3. The fourth-order valence-corrected chi connectivity index (χ4v) is 8.30. The average Bonchev–Trinajstić information content (AvgIpc) is 3.20. The van der Waals surface area contributed by atoms with Gasteiger partial charge in [-0.25, -0.2) is 0 Å². The van der Waals surface area contributed by atoms with E-state index in [9.17, 15) is 15.0 Å². The van der Waals surface area contributed by atoms with E-state index in [4.69, 9.17) is 0 Å². The van der Waals surface area contributed by atoms with Gasteiger partial charge in [0, 0.05) is 6.42 Å². The Hall–Kier alpha value is -0.870. The first-order valence-corrected chi connectivity index (χ1v) is 25.9. The van der Waals surface area contributed by atoms with E-state index in [-0.39, 0.29) is 12.5 Å². The van der Waals surface area contributed by atoms with Crippen LogP contribution in [0.25, 0.3) is 0 Å². The van der Waals surface area contributed by atoms with Crippen LogP contribution in [0, 0.1) is 0 Å².